The number of likely N-dealkylation sites (tertiary alicyclic amines) is 1. The number of aromatic nitrogens is 4. The van der Waals surface area contributed by atoms with Gasteiger partial charge < -0.3 is 19.6 Å². The number of benzene rings is 3. The fourth-order valence-corrected chi connectivity index (χ4v) is 7.25. The fraction of sp³-hybridized carbons (Fsp3) is 0.314. The topological polar surface area (TPSA) is 114 Å². The first kappa shape index (κ1) is 28.4. The van der Waals surface area contributed by atoms with Gasteiger partial charge in [0.05, 0.1) is 28.9 Å². The number of H-pyrrole nitrogens is 2. The lowest BCUT2D eigenvalue weighted by Crippen LogP contribution is -2.31. The standard InChI is InChI=1S/C35H31F2N7O2/c36-24-13-27(25-5-1-21(15-38)11-26(25)23-3-4-23)32(28(37)14-24)46-31-16-39-20-40-33(31)44-10-8-35(19-44)7-9-43(18-35)17-22-2-6-29-30(12-22)42-34(45)41-29/h1-2,5-6,11-14,16,20,23H,3-4,7-10,17-19H2,(H2,41,42,45). The average Bonchev–Trinajstić information content (AvgIpc) is 3.55. The van der Waals surface area contributed by atoms with Gasteiger partial charge >= 0.3 is 5.69 Å². The SMILES string of the molecule is N#Cc1ccc(-c2cc(F)cc(F)c2Oc2cncnc2N2CCC3(CCN(Cc4ccc5[nH]c(=O)[nH]c5c4)C3)C2)c(C2CC2)c1. The third-order valence-electron chi connectivity index (χ3n) is 9.61. The van der Waals surface area contributed by atoms with Gasteiger partial charge in [0.15, 0.2) is 23.1 Å². The lowest BCUT2D eigenvalue weighted by Gasteiger charge is -2.26. The Balaban J connectivity index is 1.04. The van der Waals surface area contributed by atoms with Crippen molar-refractivity contribution in [1.82, 2.24) is 24.8 Å². The van der Waals surface area contributed by atoms with Crippen LogP contribution in [-0.4, -0.2) is 51.0 Å². The molecule has 2 N–H and O–H groups in total. The van der Waals surface area contributed by atoms with Crippen LogP contribution in [0.2, 0.25) is 0 Å². The maximum absolute atomic E-state index is 15.5. The van der Waals surface area contributed by atoms with Gasteiger partial charge in [0.25, 0.3) is 0 Å². The largest absolute Gasteiger partial charge is 0.448 e. The molecule has 9 nitrogen and oxygen atoms in total. The maximum Gasteiger partial charge on any atom is 0.323 e. The lowest BCUT2D eigenvalue weighted by molar-refractivity contribution is 0.270. The van der Waals surface area contributed by atoms with Crippen molar-refractivity contribution in [2.45, 2.75) is 38.1 Å². The van der Waals surface area contributed by atoms with Gasteiger partial charge in [0.1, 0.15) is 12.1 Å². The van der Waals surface area contributed by atoms with Crippen LogP contribution in [-0.2, 0) is 6.54 Å². The minimum Gasteiger partial charge on any atom is -0.448 e. The van der Waals surface area contributed by atoms with E-state index in [2.05, 4.69) is 41.9 Å². The highest BCUT2D eigenvalue weighted by Crippen LogP contribution is 2.48. The van der Waals surface area contributed by atoms with Crippen molar-refractivity contribution in [1.29, 1.82) is 5.26 Å². The summed E-state index contributed by atoms with van der Waals surface area (Å²) in [6, 6.07) is 15.5. The number of aromatic amines is 2. The smallest absolute Gasteiger partial charge is 0.323 e. The van der Waals surface area contributed by atoms with Crippen LogP contribution >= 0.6 is 0 Å². The summed E-state index contributed by atoms with van der Waals surface area (Å²) in [5, 5.41) is 9.46. The number of hydrogen-bond donors (Lipinski definition) is 2. The second-order valence-corrected chi connectivity index (χ2v) is 12.9. The molecular formula is C35H31F2N7O2. The first-order valence-electron chi connectivity index (χ1n) is 15.6. The summed E-state index contributed by atoms with van der Waals surface area (Å²) < 4.78 is 36.5. The number of halogens is 2. The molecule has 5 aromatic rings. The highest BCUT2D eigenvalue weighted by atomic mass is 19.1. The molecule has 8 rings (SSSR count). The molecule has 0 radical (unpaired) electrons. The van der Waals surface area contributed by atoms with Crippen LogP contribution in [0.15, 0.2) is 65.8 Å². The van der Waals surface area contributed by atoms with Crippen molar-refractivity contribution >= 4 is 16.9 Å². The Morgan fingerprint density at radius 2 is 1.85 bits per heavy atom. The highest BCUT2D eigenvalue weighted by Gasteiger charge is 2.44. The summed E-state index contributed by atoms with van der Waals surface area (Å²) in [7, 11) is 0. The second-order valence-electron chi connectivity index (χ2n) is 12.9. The van der Waals surface area contributed by atoms with Gasteiger partial charge in [0, 0.05) is 43.2 Å². The molecule has 1 saturated carbocycles. The van der Waals surface area contributed by atoms with Crippen molar-refractivity contribution in [3.63, 3.8) is 0 Å². The predicted octanol–water partition coefficient (Wildman–Crippen LogP) is 6.24. The number of nitrogens with zero attached hydrogens (tertiary/aromatic N) is 5. The minimum atomic E-state index is -0.817. The molecule has 3 aromatic carbocycles. The molecule has 3 fully saturated rings. The first-order valence-corrected chi connectivity index (χ1v) is 15.6. The number of fused-ring (bicyclic) bond motifs is 1. The molecule has 3 aliphatic rings. The van der Waals surface area contributed by atoms with E-state index in [9.17, 15) is 14.4 Å². The molecule has 0 amide bonds. The van der Waals surface area contributed by atoms with Gasteiger partial charge in [0.2, 0.25) is 0 Å². The van der Waals surface area contributed by atoms with E-state index >= 15 is 4.39 Å². The number of nitriles is 1. The first-order chi connectivity index (χ1) is 22.4. The van der Waals surface area contributed by atoms with Gasteiger partial charge in [-0.3, -0.25) is 4.90 Å². The maximum atomic E-state index is 15.5. The number of rotatable bonds is 7. The van der Waals surface area contributed by atoms with Crippen molar-refractivity contribution in [2.24, 2.45) is 5.41 Å². The zero-order valence-electron chi connectivity index (χ0n) is 25.0. The molecule has 1 atom stereocenters. The van der Waals surface area contributed by atoms with Gasteiger partial charge in [-0.25, -0.2) is 23.5 Å². The number of nitrogens with one attached hydrogen (secondary N) is 2. The van der Waals surface area contributed by atoms with Crippen LogP contribution in [0.5, 0.6) is 11.5 Å². The van der Waals surface area contributed by atoms with Crippen molar-refractivity contribution in [3.8, 4) is 28.7 Å². The third-order valence-corrected chi connectivity index (χ3v) is 9.61. The Morgan fingerprint density at radius 1 is 1.00 bits per heavy atom. The monoisotopic (exact) mass is 619 g/mol. The molecule has 46 heavy (non-hydrogen) atoms. The molecule has 232 valence electrons. The van der Waals surface area contributed by atoms with E-state index in [-0.39, 0.29) is 22.8 Å². The van der Waals surface area contributed by atoms with Gasteiger partial charge in [-0.2, -0.15) is 5.26 Å². The molecule has 1 aliphatic carbocycles. The zero-order valence-corrected chi connectivity index (χ0v) is 25.0. The van der Waals surface area contributed by atoms with E-state index < -0.39 is 11.6 Å². The van der Waals surface area contributed by atoms with Crippen LogP contribution in [0.25, 0.3) is 22.2 Å². The summed E-state index contributed by atoms with van der Waals surface area (Å²) >= 11 is 0. The van der Waals surface area contributed by atoms with Gasteiger partial charge in [-0.05, 0) is 85.2 Å². The Labute approximate surface area is 263 Å². The second kappa shape index (κ2) is 11.1. The number of imidazole rings is 1. The summed E-state index contributed by atoms with van der Waals surface area (Å²) in [6.45, 7) is 4.20. The highest BCUT2D eigenvalue weighted by molar-refractivity contribution is 5.77. The van der Waals surface area contributed by atoms with E-state index in [1.165, 1.54) is 18.6 Å². The molecule has 2 aliphatic heterocycles. The molecule has 0 bridgehead atoms. The number of ether oxygens (including phenoxy) is 1. The predicted molar refractivity (Wildman–Crippen MR) is 169 cm³/mol. The molecule has 1 spiro atoms. The van der Waals surface area contributed by atoms with E-state index in [0.717, 1.165) is 86.6 Å². The Morgan fingerprint density at radius 3 is 2.70 bits per heavy atom. The van der Waals surface area contributed by atoms with Crippen LogP contribution < -0.4 is 15.3 Å². The summed E-state index contributed by atoms with van der Waals surface area (Å²) in [4.78, 5) is 30.7. The Kier molecular flexibility index (Phi) is 6.83. The molecular weight excluding hydrogens is 588 g/mol. The third kappa shape index (κ3) is 5.28. The van der Waals surface area contributed by atoms with Gasteiger partial charge in [-0.15, -0.1) is 0 Å². The van der Waals surface area contributed by atoms with E-state index in [1.807, 2.05) is 18.2 Å². The quantitative estimate of drug-likeness (QED) is 0.222. The molecule has 2 saturated heterocycles. The van der Waals surface area contributed by atoms with Crippen molar-refractivity contribution in [3.05, 3.63) is 99.9 Å². The van der Waals surface area contributed by atoms with Crippen LogP contribution in [0.1, 0.15) is 48.3 Å². The summed E-state index contributed by atoms with van der Waals surface area (Å²) in [5.41, 5.74) is 4.97. The van der Waals surface area contributed by atoms with Crippen LogP contribution in [0.4, 0.5) is 14.6 Å². The molecule has 4 heterocycles. The van der Waals surface area contributed by atoms with Crippen molar-refractivity contribution < 1.29 is 13.5 Å². The average molecular weight is 620 g/mol. The molecule has 1 unspecified atom stereocenters. The van der Waals surface area contributed by atoms with Crippen molar-refractivity contribution in [2.75, 3.05) is 31.1 Å². The van der Waals surface area contributed by atoms with E-state index in [4.69, 9.17) is 4.74 Å². The van der Waals surface area contributed by atoms with Crippen LogP contribution in [0, 0.1) is 28.4 Å². The Hall–Kier alpha value is -5.08. The lowest BCUT2D eigenvalue weighted by atomic mass is 9.86. The Bertz CT molecular complexity index is 2080. The minimum absolute atomic E-state index is 0.0721. The van der Waals surface area contributed by atoms with Gasteiger partial charge in [-0.1, -0.05) is 12.1 Å². The van der Waals surface area contributed by atoms with E-state index in [0.29, 0.717) is 28.3 Å². The zero-order chi connectivity index (χ0) is 31.4. The molecule has 2 aromatic heterocycles. The fourth-order valence-electron chi connectivity index (χ4n) is 7.25. The van der Waals surface area contributed by atoms with Crippen LogP contribution in [0.3, 0.4) is 0 Å². The summed E-state index contributed by atoms with van der Waals surface area (Å²) in [5.74, 6) is -0.497. The number of hydrogen-bond acceptors (Lipinski definition) is 7. The summed E-state index contributed by atoms with van der Waals surface area (Å²) in [6.07, 6.45) is 6.93. The van der Waals surface area contributed by atoms with E-state index in [1.54, 1.807) is 12.1 Å². The molecule has 11 heteroatoms. The number of anilines is 1. The normalized spacial score (nSPS) is 19.7.